The number of rotatable bonds is 6. The Morgan fingerprint density at radius 2 is 2.28 bits per heavy atom. The van der Waals surface area contributed by atoms with Crippen LogP contribution in [0.15, 0.2) is 18.3 Å². The van der Waals surface area contributed by atoms with Gasteiger partial charge in [0.1, 0.15) is 5.82 Å². The average Bonchev–Trinajstić information content (AvgIpc) is 2.35. The number of carbonyl (C=O) groups excluding carboxylic acids is 1. The van der Waals surface area contributed by atoms with Gasteiger partial charge in [0.2, 0.25) is 0 Å². The van der Waals surface area contributed by atoms with E-state index in [0.717, 1.165) is 17.9 Å². The van der Waals surface area contributed by atoms with Crippen molar-refractivity contribution in [1.82, 2.24) is 9.88 Å². The van der Waals surface area contributed by atoms with E-state index in [-0.39, 0.29) is 0 Å². The van der Waals surface area contributed by atoms with Crippen LogP contribution in [-0.4, -0.2) is 42.4 Å². The highest BCUT2D eigenvalue weighted by Crippen LogP contribution is 2.10. The van der Waals surface area contributed by atoms with E-state index in [0.29, 0.717) is 11.4 Å². The van der Waals surface area contributed by atoms with Crippen molar-refractivity contribution >= 4 is 11.7 Å². The van der Waals surface area contributed by atoms with E-state index in [4.69, 9.17) is 0 Å². The van der Waals surface area contributed by atoms with Crippen LogP contribution in [0.3, 0.4) is 0 Å². The Morgan fingerprint density at radius 1 is 1.56 bits per heavy atom. The van der Waals surface area contributed by atoms with Crippen molar-refractivity contribution in [3.8, 4) is 0 Å². The number of halogens is 2. The van der Waals surface area contributed by atoms with Gasteiger partial charge in [-0.25, -0.2) is 13.8 Å². The average molecular weight is 257 g/mol. The Kier molecular flexibility index (Phi) is 5.48. The molecule has 1 N–H and O–H groups in total. The number of aromatic nitrogens is 1. The van der Waals surface area contributed by atoms with Crippen LogP contribution in [0, 0.1) is 0 Å². The molecule has 100 valence electrons. The predicted octanol–water partition coefficient (Wildman–Crippen LogP) is 2.24. The molecule has 1 rings (SSSR count). The van der Waals surface area contributed by atoms with E-state index in [1.165, 1.54) is 19.3 Å². The first-order valence-corrected chi connectivity index (χ1v) is 5.78. The molecule has 0 bridgehead atoms. The number of hydrogen-bond donors (Lipinski definition) is 1. The van der Waals surface area contributed by atoms with Gasteiger partial charge in [0.15, 0.2) is 0 Å². The number of amides is 1. The van der Waals surface area contributed by atoms with Gasteiger partial charge < -0.3 is 10.2 Å². The normalized spacial score (nSPS) is 10.5. The molecule has 0 aliphatic carbocycles. The van der Waals surface area contributed by atoms with E-state index < -0.39 is 18.9 Å². The Labute approximate surface area is 105 Å². The lowest BCUT2D eigenvalue weighted by atomic mass is 10.2. The number of carbonyl (C=O) groups is 1. The highest BCUT2D eigenvalue weighted by atomic mass is 19.3. The van der Waals surface area contributed by atoms with Crippen molar-refractivity contribution in [2.24, 2.45) is 0 Å². The molecular formula is C12H17F2N3O. The molecule has 0 unspecified atom stereocenters. The third kappa shape index (κ3) is 4.27. The molecule has 0 aliphatic heterocycles. The zero-order valence-corrected chi connectivity index (χ0v) is 10.5. The number of nitrogens with one attached hydrogen (secondary N) is 1. The van der Waals surface area contributed by atoms with E-state index >= 15 is 0 Å². The van der Waals surface area contributed by atoms with Crippen LogP contribution in [0.1, 0.15) is 23.7 Å². The summed E-state index contributed by atoms with van der Waals surface area (Å²) in [4.78, 5) is 16.9. The van der Waals surface area contributed by atoms with Gasteiger partial charge in [-0.05, 0) is 18.6 Å². The molecule has 0 aliphatic rings. The van der Waals surface area contributed by atoms with Gasteiger partial charge >= 0.3 is 0 Å². The number of pyridine rings is 1. The molecule has 18 heavy (non-hydrogen) atoms. The second-order valence-electron chi connectivity index (χ2n) is 3.93. The van der Waals surface area contributed by atoms with Crippen LogP contribution >= 0.6 is 0 Å². The van der Waals surface area contributed by atoms with E-state index in [2.05, 4.69) is 10.3 Å². The van der Waals surface area contributed by atoms with Gasteiger partial charge in [-0.2, -0.15) is 0 Å². The highest BCUT2D eigenvalue weighted by Gasteiger charge is 2.16. The Morgan fingerprint density at radius 3 is 2.89 bits per heavy atom. The largest absolute Gasteiger partial charge is 0.370 e. The first kappa shape index (κ1) is 14.3. The summed E-state index contributed by atoms with van der Waals surface area (Å²) in [7, 11) is 1.36. The van der Waals surface area contributed by atoms with Gasteiger partial charge in [-0.1, -0.05) is 6.92 Å². The topological polar surface area (TPSA) is 45.2 Å². The lowest BCUT2D eigenvalue weighted by molar-refractivity contribution is 0.0620. The molecule has 1 aromatic heterocycles. The fraction of sp³-hybridized carbons (Fsp3) is 0.500. The Hall–Kier alpha value is -1.72. The quantitative estimate of drug-likeness (QED) is 0.850. The number of anilines is 1. The fourth-order valence-corrected chi connectivity index (χ4v) is 1.42. The summed E-state index contributed by atoms with van der Waals surface area (Å²) in [5, 5.41) is 3.04. The summed E-state index contributed by atoms with van der Waals surface area (Å²) in [6.07, 6.45) is -0.106. The van der Waals surface area contributed by atoms with Crippen LogP contribution in [0.5, 0.6) is 0 Å². The molecule has 1 heterocycles. The van der Waals surface area contributed by atoms with Crippen molar-refractivity contribution in [2.45, 2.75) is 19.8 Å². The molecule has 1 aromatic rings. The smallest absolute Gasteiger partial charge is 0.255 e. The second-order valence-corrected chi connectivity index (χ2v) is 3.93. The molecule has 0 saturated carbocycles. The standard InChI is InChI=1S/C12H17F2N3O/c1-3-5-15-11-7-9(4-6-16-11)12(18)17(2)8-10(13)14/h4,6-7,10H,3,5,8H2,1-2H3,(H,15,16). The predicted molar refractivity (Wildman–Crippen MR) is 66.0 cm³/mol. The highest BCUT2D eigenvalue weighted by molar-refractivity contribution is 5.94. The monoisotopic (exact) mass is 257 g/mol. The molecule has 6 heteroatoms. The van der Waals surface area contributed by atoms with E-state index in [1.54, 1.807) is 6.07 Å². The van der Waals surface area contributed by atoms with Gasteiger partial charge in [-0.15, -0.1) is 0 Å². The van der Waals surface area contributed by atoms with Crippen LogP contribution in [-0.2, 0) is 0 Å². The summed E-state index contributed by atoms with van der Waals surface area (Å²) >= 11 is 0. The third-order valence-electron chi connectivity index (χ3n) is 2.32. The van der Waals surface area contributed by atoms with Crippen LogP contribution in [0.25, 0.3) is 0 Å². The van der Waals surface area contributed by atoms with Crippen LogP contribution in [0.4, 0.5) is 14.6 Å². The minimum atomic E-state index is -2.53. The molecule has 1 amide bonds. The Balaban J connectivity index is 2.73. The first-order chi connectivity index (χ1) is 8.54. The molecule has 0 fully saturated rings. The summed E-state index contributed by atoms with van der Waals surface area (Å²) in [5.74, 6) is 0.144. The minimum absolute atomic E-state index is 0.353. The fourth-order valence-electron chi connectivity index (χ4n) is 1.42. The number of hydrogen-bond acceptors (Lipinski definition) is 3. The maximum absolute atomic E-state index is 12.2. The third-order valence-corrected chi connectivity index (χ3v) is 2.32. The lowest BCUT2D eigenvalue weighted by Gasteiger charge is -2.16. The molecule has 4 nitrogen and oxygen atoms in total. The van der Waals surface area contributed by atoms with Gasteiger partial charge in [-0.3, -0.25) is 4.79 Å². The zero-order valence-electron chi connectivity index (χ0n) is 10.5. The van der Waals surface area contributed by atoms with Gasteiger partial charge in [0.05, 0.1) is 6.54 Å². The van der Waals surface area contributed by atoms with E-state index in [9.17, 15) is 13.6 Å². The maximum atomic E-state index is 12.2. The summed E-state index contributed by atoms with van der Waals surface area (Å²) < 4.78 is 24.4. The van der Waals surface area contributed by atoms with Crippen molar-refractivity contribution in [1.29, 1.82) is 0 Å². The van der Waals surface area contributed by atoms with Gasteiger partial charge in [0.25, 0.3) is 12.3 Å². The summed E-state index contributed by atoms with van der Waals surface area (Å²) in [5.41, 5.74) is 0.353. The number of alkyl halides is 2. The SMILES string of the molecule is CCCNc1cc(C(=O)N(C)CC(F)F)ccn1. The van der Waals surface area contributed by atoms with Crippen LogP contribution < -0.4 is 5.32 Å². The zero-order chi connectivity index (χ0) is 13.5. The molecule has 0 radical (unpaired) electrons. The minimum Gasteiger partial charge on any atom is -0.370 e. The maximum Gasteiger partial charge on any atom is 0.255 e. The molecule has 0 atom stereocenters. The summed E-state index contributed by atoms with van der Waals surface area (Å²) in [6, 6.07) is 3.08. The molecule has 0 saturated heterocycles. The van der Waals surface area contributed by atoms with Crippen molar-refractivity contribution < 1.29 is 13.6 Å². The van der Waals surface area contributed by atoms with Crippen molar-refractivity contribution in [3.63, 3.8) is 0 Å². The van der Waals surface area contributed by atoms with Crippen molar-refractivity contribution in [2.75, 3.05) is 25.5 Å². The first-order valence-electron chi connectivity index (χ1n) is 5.78. The molecular weight excluding hydrogens is 240 g/mol. The van der Waals surface area contributed by atoms with Crippen LogP contribution in [0.2, 0.25) is 0 Å². The lowest BCUT2D eigenvalue weighted by Crippen LogP contribution is -2.31. The molecule has 0 aromatic carbocycles. The second kappa shape index (κ2) is 6.88. The van der Waals surface area contributed by atoms with E-state index in [1.807, 2.05) is 6.92 Å². The molecule has 0 spiro atoms. The Bertz CT molecular complexity index is 399. The van der Waals surface area contributed by atoms with Gasteiger partial charge in [0, 0.05) is 25.4 Å². The van der Waals surface area contributed by atoms with Crippen molar-refractivity contribution in [3.05, 3.63) is 23.9 Å². The summed E-state index contributed by atoms with van der Waals surface area (Å²) in [6.45, 7) is 2.19. The number of nitrogens with zero attached hydrogens (tertiary/aromatic N) is 2.